The highest BCUT2D eigenvalue weighted by Crippen LogP contribution is 2.40. The van der Waals surface area contributed by atoms with Gasteiger partial charge in [0, 0.05) is 43.9 Å². The number of likely N-dealkylation sites (tertiary alicyclic amines) is 2. The number of fused-ring (bicyclic) bond motifs is 6. The van der Waals surface area contributed by atoms with Crippen molar-refractivity contribution in [2.24, 2.45) is 23.5 Å². The molecule has 2 fully saturated rings. The molecule has 4 heterocycles. The van der Waals surface area contributed by atoms with Gasteiger partial charge < -0.3 is 35.3 Å². The molecule has 13 nitrogen and oxygen atoms in total. The molecule has 2 aliphatic rings. The zero-order valence-corrected chi connectivity index (χ0v) is 35.1. The number of ether oxygens (including phenoxy) is 1. The Bertz CT molecular complexity index is 2800. The lowest BCUT2D eigenvalue weighted by Gasteiger charge is -2.33. The van der Waals surface area contributed by atoms with Gasteiger partial charge in [-0.05, 0) is 76.4 Å². The summed E-state index contributed by atoms with van der Waals surface area (Å²) in [7, 11) is 3.15. The number of carbonyl (C=O) groups is 3. The Morgan fingerprint density at radius 1 is 0.803 bits per heavy atom. The summed E-state index contributed by atoms with van der Waals surface area (Å²) in [4.78, 5) is 61.8. The van der Waals surface area contributed by atoms with Crippen molar-refractivity contribution < 1.29 is 24.2 Å². The number of amides is 3. The predicted octanol–water partition coefficient (Wildman–Crippen LogP) is 8.19. The number of aromatic amines is 2. The van der Waals surface area contributed by atoms with Crippen LogP contribution in [0.25, 0.3) is 54.7 Å². The second-order valence-electron chi connectivity index (χ2n) is 17.4. The normalized spacial score (nSPS) is 20.4. The second-order valence-corrected chi connectivity index (χ2v) is 17.4. The number of H-pyrrole nitrogens is 2. The van der Waals surface area contributed by atoms with Crippen molar-refractivity contribution in [1.29, 1.82) is 0 Å². The average molecular weight is 821 g/mol. The van der Waals surface area contributed by atoms with Gasteiger partial charge in [-0.2, -0.15) is 0 Å². The largest absolute Gasteiger partial charge is 0.465 e. The minimum absolute atomic E-state index is 0.127. The maximum Gasteiger partial charge on any atom is 0.407 e. The van der Waals surface area contributed by atoms with Crippen LogP contribution in [0.5, 0.6) is 0 Å². The van der Waals surface area contributed by atoms with Crippen LogP contribution in [0.4, 0.5) is 4.79 Å². The molecule has 61 heavy (non-hydrogen) atoms. The molecule has 0 saturated carbocycles. The summed E-state index contributed by atoms with van der Waals surface area (Å²) in [5.74, 6) is 1.35. The lowest BCUT2D eigenvalue weighted by molar-refractivity contribution is -0.138. The third-order valence-electron chi connectivity index (χ3n) is 12.8. The van der Waals surface area contributed by atoms with Crippen molar-refractivity contribution in [3.63, 3.8) is 0 Å². The molecule has 0 unspecified atom stereocenters. The van der Waals surface area contributed by atoms with Gasteiger partial charge in [0.05, 0.1) is 40.8 Å². The molecular formula is C48H52N8O5. The van der Waals surface area contributed by atoms with E-state index in [0.717, 1.165) is 83.9 Å². The molecule has 0 spiro atoms. The molecule has 2 saturated heterocycles. The number of methoxy groups -OCH3 is 1. The molecule has 5 N–H and O–H groups in total. The van der Waals surface area contributed by atoms with E-state index < -0.39 is 18.2 Å². The van der Waals surface area contributed by atoms with E-state index >= 15 is 0 Å². The highest BCUT2D eigenvalue weighted by Gasteiger charge is 2.42. The van der Waals surface area contributed by atoms with Crippen LogP contribution in [-0.4, -0.2) is 97.5 Å². The Labute approximate surface area is 353 Å². The molecule has 9 rings (SSSR count). The number of hydrogen-bond acceptors (Lipinski definition) is 7. The number of carbonyl (C=O) groups excluding carboxylic acids is 2. The number of nitrogens with two attached hydrogens (primary N) is 1. The van der Waals surface area contributed by atoms with E-state index in [2.05, 4.69) is 71.5 Å². The number of benzene rings is 5. The van der Waals surface area contributed by atoms with Crippen molar-refractivity contribution in [3.8, 4) is 11.1 Å². The van der Waals surface area contributed by atoms with Crippen molar-refractivity contribution in [2.45, 2.75) is 57.8 Å². The van der Waals surface area contributed by atoms with Crippen LogP contribution in [-0.2, 0) is 14.3 Å². The van der Waals surface area contributed by atoms with Crippen LogP contribution in [0.3, 0.4) is 0 Å². The smallest absolute Gasteiger partial charge is 0.407 e. The quantitative estimate of drug-likeness (QED) is 0.107. The zero-order valence-electron chi connectivity index (χ0n) is 35.1. The number of carboxylic acid groups (broad SMARTS) is 1. The summed E-state index contributed by atoms with van der Waals surface area (Å²) >= 11 is 0. The number of imidazole rings is 2. The summed E-state index contributed by atoms with van der Waals surface area (Å²) in [6.45, 7) is 7.50. The Balaban J connectivity index is 0.995. The number of likely N-dealkylation sites (N-methyl/N-ethyl adjacent to an activating group) is 1. The molecule has 314 valence electrons. The molecule has 0 aliphatic carbocycles. The first-order valence-electron chi connectivity index (χ1n) is 21.1. The third-order valence-corrected chi connectivity index (χ3v) is 12.8. The van der Waals surface area contributed by atoms with Crippen LogP contribution in [0.2, 0.25) is 0 Å². The van der Waals surface area contributed by atoms with Crippen molar-refractivity contribution >= 4 is 61.5 Å². The minimum Gasteiger partial charge on any atom is -0.465 e. The Kier molecular flexibility index (Phi) is 10.5. The third kappa shape index (κ3) is 7.25. The molecule has 3 amide bonds. The van der Waals surface area contributed by atoms with Gasteiger partial charge in [0.25, 0.3) is 0 Å². The van der Waals surface area contributed by atoms with Gasteiger partial charge in [0.1, 0.15) is 23.7 Å². The minimum atomic E-state index is -1.12. The fourth-order valence-corrected chi connectivity index (χ4v) is 9.82. The van der Waals surface area contributed by atoms with E-state index in [1.165, 1.54) is 7.05 Å². The topological polar surface area (TPSA) is 174 Å². The number of hydrogen-bond donors (Lipinski definition) is 4. The predicted molar refractivity (Wildman–Crippen MR) is 237 cm³/mol. The Hall–Kier alpha value is -6.31. The van der Waals surface area contributed by atoms with E-state index in [4.69, 9.17) is 20.4 Å². The van der Waals surface area contributed by atoms with E-state index in [1.54, 1.807) is 7.11 Å². The molecule has 0 radical (unpaired) electrons. The fourth-order valence-electron chi connectivity index (χ4n) is 9.82. The van der Waals surface area contributed by atoms with Gasteiger partial charge in [-0.15, -0.1) is 0 Å². The summed E-state index contributed by atoms with van der Waals surface area (Å²) in [5, 5.41) is 13.8. The SMILES string of the molecule is COC[C@H]1C[C@@H](c2nc3c(ccc4cc(-c5ccc6c(ccc7[nH]c([C@@H]8C[C@H](C)CN8C(=O)[C@H](C(C)C)N(C)C(=O)O)nc76)c5)ccc43)[nH]2)N(C(=O)[C@H](N)c2ccccc2)C1. The second kappa shape index (κ2) is 15.9. The van der Waals surface area contributed by atoms with Crippen LogP contribution in [0.15, 0.2) is 91.0 Å². The highest BCUT2D eigenvalue weighted by molar-refractivity contribution is 6.07. The van der Waals surface area contributed by atoms with Crippen LogP contribution in [0, 0.1) is 17.8 Å². The Morgan fingerprint density at radius 2 is 1.36 bits per heavy atom. The number of aromatic nitrogens is 4. The van der Waals surface area contributed by atoms with Gasteiger partial charge in [-0.1, -0.05) is 87.5 Å². The molecule has 2 aliphatic heterocycles. The molecule has 7 aromatic rings. The van der Waals surface area contributed by atoms with Crippen LogP contribution < -0.4 is 5.73 Å². The van der Waals surface area contributed by atoms with Crippen LogP contribution >= 0.6 is 0 Å². The molecule has 5 aromatic carbocycles. The summed E-state index contributed by atoms with van der Waals surface area (Å²) in [6, 6.07) is 28.5. The van der Waals surface area contributed by atoms with Gasteiger partial charge >= 0.3 is 6.09 Å². The maximum atomic E-state index is 13.9. The van der Waals surface area contributed by atoms with Crippen molar-refractivity contribution in [3.05, 3.63) is 108 Å². The molecule has 13 heteroatoms. The van der Waals surface area contributed by atoms with Crippen molar-refractivity contribution in [1.82, 2.24) is 34.6 Å². The fraction of sp³-hybridized carbons (Fsp3) is 0.354. The number of rotatable bonds is 10. The summed E-state index contributed by atoms with van der Waals surface area (Å²) in [6.07, 6.45) is 0.335. The lowest BCUT2D eigenvalue weighted by atomic mass is 9.98. The molecule has 2 aromatic heterocycles. The van der Waals surface area contributed by atoms with Gasteiger partial charge in [-0.25, -0.2) is 14.8 Å². The maximum absolute atomic E-state index is 13.9. The molecule has 6 atom stereocenters. The summed E-state index contributed by atoms with van der Waals surface area (Å²) in [5.41, 5.74) is 12.9. The standard InChI is InChI=1S/C48H52N8O5/c1-26(2)43(54(4)48(59)60)47(58)55-23-27(3)19-38(55)44-50-36-17-13-32-21-30(11-15-34(32)41(36)52-44)31-12-16-35-33(22-31)14-18-37-42(35)53-45(51-37)39-20-28(25-61-5)24-56(39)46(57)40(49)29-9-7-6-8-10-29/h6-18,21-22,26-28,38-40,43H,19-20,23-25,49H2,1-5H3,(H,50,52)(H,51,53)(H,59,60)/t27-,28-,38-,39-,40+,43-/m0/s1. The summed E-state index contributed by atoms with van der Waals surface area (Å²) < 4.78 is 5.52. The van der Waals surface area contributed by atoms with Gasteiger partial charge in [-0.3, -0.25) is 14.5 Å². The number of nitrogens with zero attached hydrogens (tertiary/aromatic N) is 5. The van der Waals surface area contributed by atoms with Crippen LogP contribution in [0.1, 0.15) is 69.0 Å². The van der Waals surface area contributed by atoms with E-state index in [9.17, 15) is 19.5 Å². The van der Waals surface area contributed by atoms with Crippen molar-refractivity contribution in [2.75, 3.05) is 33.9 Å². The van der Waals surface area contributed by atoms with E-state index in [0.29, 0.717) is 25.5 Å². The average Bonchev–Trinajstić information content (AvgIpc) is 4.07. The first kappa shape index (κ1) is 40.1. The van der Waals surface area contributed by atoms with Gasteiger partial charge in [0.15, 0.2) is 0 Å². The van der Waals surface area contributed by atoms with Gasteiger partial charge in [0.2, 0.25) is 11.8 Å². The van der Waals surface area contributed by atoms with E-state index in [-0.39, 0.29) is 41.7 Å². The monoisotopic (exact) mass is 820 g/mol. The Morgan fingerprint density at radius 3 is 1.90 bits per heavy atom. The molecular weight excluding hydrogens is 769 g/mol. The first-order valence-corrected chi connectivity index (χ1v) is 21.1. The number of nitrogens with one attached hydrogen (secondary N) is 2. The van der Waals surface area contributed by atoms with E-state index in [1.807, 2.05) is 60.0 Å². The lowest BCUT2D eigenvalue weighted by Crippen LogP contribution is -2.51. The highest BCUT2D eigenvalue weighted by atomic mass is 16.5. The first-order chi connectivity index (χ1) is 29.4. The zero-order chi connectivity index (χ0) is 42.7. The molecule has 0 bridgehead atoms.